The minimum absolute atomic E-state index is 0.0872. The van der Waals surface area contributed by atoms with Gasteiger partial charge in [-0.05, 0) is 70.1 Å². The molecule has 0 N–H and O–H groups in total. The van der Waals surface area contributed by atoms with Crippen molar-refractivity contribution in [3.8, 4) is 0 Å². The number of carbonyl (C=O) groups excluding carboxylic acids is 1. The maximum Gasteiger partial charge on any atom is 0.267 e. The Hall–Kier alpha value is -1.77. The van der Waals surface area contributed by atoms with E-state index in [1.807, 2.05) is 17.9 Å². The quantitative estimate of drug-likeness (QED) is 0.650. The number of amides is 1. The first kappa shape index (κ1) is 21.5. The molecule has 8 heteroatoms. The smallest absolute Gasteiger partial charge is 0.267 e. The molecule has 30 heavy (non-hydrogen) atoms. The van der Waals surface area contributed by atoms with Gasteiger partial charge in [-0.3, -0.25) is 4.79 Å². The summed E-state index contributed by atoms with van der Waals surface area (Å²) in [6.45, 7) is 5.86. The minimum Gasteiger partial charge on any atom is -0.324 e. The summed E-state index contributed by atoms with van der Waals surface area (Å²) in [6.07, 6.45) is 6.32. The molecule has 2 aliphatic rings. The fourth-order valence-corrected chi connectivity index (χ4v) is 6.88. The molecule has 6 nitrogen and oxygen atoms in total. The Balaban J connectivity index is 1.51. The first-order chi connectivity index (χ1) is 14.5. The minimum atomic E-state index is -3.70. The highest BCUT2D eigenvalue weighted by Gasteiger charge is 2.36. The van der Waals surface area contributed by atoms with Gasteiger partial charge in [-0.15, -0.1) is 11.8 Å². The van der Waals surface area contributed by atoms with E-state index in [1.165, 1.54) is 35.0 Å². The van der Waals surface area contributed by atoms with Gasteiger partial charge in [0.05, 0.1) is 16.3 Å². The monoisotopic (exact) mass is 447 g/mol. The van der Waals surface area contributed by atoms with Crippen LogP contribution in [0.15, 0.2) is 47.5 Å². The molecule has 2 fully saturated rings. The lowest BCUT2D eigenvalue weighted by Crippen LogP contribution is -2.35. The Bertz CT molecular complexity index is 979. The summed E-state index contributed by atoms with van der Waals surface area (Å²) in [6, 6.07) is 10.4. The van der Waals surface area contributed by atoms with Crippen LogP contribution in [0.25, 0.3) is 0 Å². The van der Waals surface area contributed by atoms with Crippen molar-refractivity contribution in [2.45, 2.75) is 42.9 Å². The fraction of sp³-hybridized carbons (Fsp3) is 0.500. The van der Waals surface area contributed by atoms with Crippen molar-refractivity contribution in [3.63, 3.8) is 0 Å². The Kier molecular flexibility index (Phi) is 6.55. The number of benzene rings is 1. The number of hydrogen-bond acceptors (Lipinski definition) is 5. The molecule has 1 aromatic heterocycles. The van der Waals surface area contributed by atoms with Gasteiger partial charge >= 0.3 is 0 Å². The lowest BCUT2D eigenvalue weighted by Gasteiger charge is -2.29. The normalized spacial score (nSPS) is 20.8. The highest BCUT2D eigenvalue weighted by molar-refractivity contribution is 8.00. The first-order valence-electron chi connectivity index (χ1n) is 10.6. The molecule has 3 heterocycles. The molecular weight excluding hydrogens is 418 g/mol. The van der Waals surface area contributed by atoms with E-state index >= 15 is 0 Å². The number of thioether (sulfide) groups is 1. The lowest BCUT2D eigenvalue weighted by atomic mass is 10.1. The van der Waals surface area contributed by atoms with Gasteiger partial charge in [-0.2, -0.15) is 0 Å². The molecule has 1 atom stereocenters. The second-order valence-corrected chi connectivity index (χ2v) is 10.9. The van der Waals surface area contributed by atoms with E-state index in [1.54, 1.807) is 36.5 Å². The highest BCUT2D eigenvalue weighted by atomic mass is 32.2. The number of piperidine rings is 1. The van der Waals surface area contributed by atoms with E-state index in [2.05, 4.69) is 4.90 Å². The summed E-state index contributed by atoms with van der Waals surface area (Å²) in [5.74, 6) is 0.480. The van der Waals surface area contributed by atoms with Crippen LogP contribution >= 0.6 is 11.8 Å². The third kappa shape index (κ3) is 4.45. The number of likely N-dealkylation sites (tertiary alicyclic amines) is 1. The van der Waals surface area contributed by atoms with Gasteiger partial charge in [0.15, 0.2) is 0 Å². The van der Waals surface area contributed by atoms with Gasteiger partial charge < -0.3 is 9.80 Å². The van der Waals surface area contributed by atoms with Crippen LogP contribution in [0, 0.1) is 6.92 Å². The molecule has 162 valence electrons. The van der Waals surface area contributed by atoms with Crippen LogP contribution in [0.5, 0.6) is 0 Å². The summed E-state index contributed by atoms with van der Waals surface area (Å²) in [4.78, 5) is 17.1. The zero-order valence-electron chi connectivity index (χ0n) is 17.4. The van der Waals surface area contributed by atoms with Crippen LogP contribution in [0.3, 0.4) is 0 Å². The van der Waals surface area contributed by atoms with Crippen molar-refractivity contribution in [2.75, 3.05) is 31.9 Å². The number of aromatic nitrogens is 1. The molecular formula is C22H29N3O3S2. The van der Waals surface area contributed by atoms with Gasteiger partial charge in [0.1, 0.15) is 5.37 Å². The Morgan fingerprint density at radius 2 is 1.77 bits per heavy atom. The number of hydrogen-bond donors (Lipinski definition) is 0. The van der Waals surface area contributed by atoms with E-state index in [0.717, 1.165) is 31.6 Å². The SMILES string of the molecule is Cc1ccc(S(=O)(=O)n2cccc2C2SCC(=O)N2CCCN2CCCCC2)cc1. The van der Waals surface area contributed by atoms with Crippen molar-refractivity contribution >= 4 is 27.7 Å². The maximum absolute atomic E-state index is 13.2. The van der Waals surface area contributed by atoms with Crippen LogP contribution in [0.2, 0.25) is 0 Å². The summed E-state index contributed by atoms with van der Waals surface area (Å²) in [7, 11) is -3.70. The van der Waals surface area contributed by atoms with Crippen LogP contribution in [-0.2, 0) is 14.8 Å². The third-order valence-electron chi connectivity index (χ3n) is 5.86. The zero-order chi connectivity index (χ0) is 21.1. The standard InChI is InChI=1S/C22H29N3O3S2/c1-18-8-10-19(11-9-18)30(27,28)25-16-5-7-20(25)22-24(21(26)17-29-22)15-6-14-23-12-3-2-4-13-23/h5,7-11,16,22H,2-4,6,12-15,17H2,1H3. The topological polar surface area (TPSA) is 62.6 Å². The molecule has 2 aliphatic heterocycles. The summed E-state index contributed by atoms with van der Waals surface area (Å²) in [5, 5.41) is -0.269. The number of nitrogens with zero attached hydrogens (tertiary/aromatic N) is 3. The Morgan fingerprint density at radius 1 is 1.03 bits per heavy atom. The number of carbonyl (C=O) groups is 1. The van der Waals surface area contributed by atoms with E-state index in [9.17, 15) is 13.2 Å². The average Bonchev–Trinajstić information content (AvgIpc) is 3.37. The van der Waals surface area contributed by atoms with E-state index in [0.29, 0.717) is 18.0 Å². The lowest BCUT2D eigenvalue weighted by molar-refractivity contribution is -0.128. The van der Waals surface area contributed by atoms with Gasteiger partial charge in [0, 0.05) is 12.7 Å². The van der Waals surface area contributed by atoms with E-state index in [-0.39, 0.29) is 16.2 Å². The second-order valence-electron chi connectivity index (χ2n) is 8.05. The molecule has 4 rings (SSSR count). The van der Waals surface area contributed by atoms with E-state index < -0.39 is 10.0 Å². The fourth-order valence-electron chi connectivity index (χ4n) is 4.20. The van der Waals surface area contributed by atoms with Crippen molar-refractivity contribution in [1.29, 1.82) is 0 Å². The van der Waals surface area contributed by atoms with Crippen LogP contribution in [-0.4, -0.2) is 60.0 Å². The van der Waals surface area contributed by atoms with Crippen LogP contribution in [0.4, 0.5) is 0 Å². The van der Waals surface area contributed by atoms with Gasteiger partial charge in [-0.25, -0.2) is 12.4 Å². The molecule has 2 aromatic rings. The highest BCUT2D eigenvalue weighted by Crippen LogP contribution is 2.39. The van der Waals surface area contributed by atoms with Crippen molar-refractivity contribution < 1.29 is 13.2 Å². The van der Waals surface area contributed by atoms with Crippen LogP contribution in [0.1, 0.15) is 42.3 Å². The predicted octanol–water partition coefficient (Wildman–Crippen LogP) is 3.48. The molecule has 0 aliphatic carbocycles. The molecule has 0 spiro atoms. The summed E-state index contributed by atoms with van der Waals surface area (Å²) in [5.41, 5.74) is 1.66. The molecule has 0 bridgehead atoms. The summed E-state index contributed by atoms with van der Waals surface area (Å²) >= 11 is 1.51. The zero-order valence-corrected chi connectivity index (χ0v) is 19.0. The molecule has 1 aromatic carbocycles. The molecule has 2 saturated heterocycles. The van der Waals surface area contributed by atoms with Crippen molar-refractivity contribution in [1.82, 2.24) is 13.8 Å². The van der Waals surface area contributed by atoms with Crippen molar-refractivity contribution in [2.24, 2.45) is 0 Å². The maximum atomic E-state index is 13.2. The van der Waals surface area contributed by atoms with Crippen LogP contribution < -0.4 is 0 Å². The number of aryl methyl sites for hydroxylation is 1. The largest absolute Gasteiger partial charge is 0.324 e. The van der Waals surface area contributed by atoms with Gasteiger partial charge in [0.2, 0.25) is 5.91 Å². The van der Waals surface area contributed by atoms with Crippen molar-refractivity contribution in [3.05, 3.63) is 53.9 Å². The molecule has 1 unspecified atom stereocenters. The predicted molar refractivity (Wildman–Crippen MR) is 120 cm³/mol. The Morgan fingerprint density at radius 3 is 2.50 bits per heavy atom. The van der Waals surface area contributed by atoms with Gasteiger partial charge in [0.25, 0.3) is 10.0 Å². The molecule has 0 radical (unpaired) electrons. The molecule has 0 saturated carbocycles. The average molecular weight is 448 g/mol. The second kappa shape index (κ2) is 9.16. The first-order valence-corrected chi connectivity index (χ1v) is 13.1. The van der Waals surface area contributed by atoms with E-state index in [4.69, 9.17) is 0 Å². The summed E-state index contributed by atoms with van der Waals surface area (Å²) < 4.78 is 27.8. The third-order valence-corrected chi connectivity index (χ3v) is 8.81. The number of rotatable bonds is 7. The Labute approximate surface area is 183 Å². The van der Waals surface area contributed by atoms with Gasteiger partial charge in [-0.1, -0.05) is 24.1 Å². The molecule has 1 amide bonds.